The molecule has 0 saturated carbocycles. The predicted molar refractivity (Wildman–Crippen MR) is 88.8 cm³/mol. The summed E-state index contributed by atoms with van der Waals surface area (Å²) in [5.41, 5.74) is 0. The minimum absolute atomic E-state index is 0.440. The Morgan fingerprint density at radius 2 is 1.71 bits per heavy atom. The van der Waals surface area contributed by atoms with Gasteiger partial charge in [-0.3, -0.25) is 4.90 Å². The van der Waals surface area contributed by atoms with Crippen LogP contribution in [0.3, 0.4) is 0 Å². The van der Waals surface area contributed by atoms with Crippen LogP contribution in [0.25, 0.3) is 0 Å². The van der Waals surface area contributed by atoms with E-state index in [1.165, 1.54) is 52.0 Å². The molecule has 2 aliphatic rings. The lowest BCUT2D eigenvalue weighted by molar-refractivity contribution is 0.0126. The third-order valence-corrected chi connectivity index (χ3v) is 4.59. The summed E-state index contributed by atoms with van der Waals surface area (Å²) < 4.78 is 6.20. The van der Waals surface area contributed by atoms with E-state index < -0.39 is 0 Å². The highest BCUT2D eigenvalue weighted by Crippen LogP contribution is 2.20. The molecule has 2 atom stereocenters. The fraction of sp³-hybridized carbons (Fsp3) is 1.00. The Morgan fingerprint density at radius 1 is 1.05 bits per heavy atom. The van der Waals surface area contributed by atoms with Gasteiger partial charge in [0.2, 0.25) is 0 Å². The molecule has 1 N–H and O–H groups in total. The molecule has 2 unspecified atom stereocenters. The molecule has 4 heteroatoms. The molecule has 21 heavy (non-hydrogen) atoms. The monoisotopic (exact) mass is 297 g/mol. The van der Waals surface area contributed by atoms with E-state index in [1.807, 2.05) is 0 Å². The number of hydrogen-bond acceptors (Lipinski definition) is 4. The molecule has 124 valence electrons. The Hall–Kier alpha value is -0.160. The smallest absolute Gasteiger partial charge is 0.0707 e. The van der Waals surface area contributed by atoms with Gasteiger partial charge in [-0.1, -0.05) is 20.8 Å². The molecule has 2 fully saturated rings. The second-order valence-corrected chi connectivity index (χ2v) is 7.15. The second kappa shape index (κ2) is 9.09. The molecular formula is C17H35N3O. The van der Waals surface area contributed by atoms with Crippen LogP contribution < -0.4 is 5.32 Å². The van der Waals surface area contributed by atoms with Gasteiger partial charge in [-0.15, -0.1) is 0 Å². The fourth-order valence-electron chi connectivity index (χ4n) is 3.40. The van der Waals surface area contributed by atoms with Crippen molar-refractivity contribution in [3.05, 3.63) is 0 Å². The van der Waals surface area contributed by atoms with Crippen LogP contribution in [-0.4, -0.2) is 74.4 Å². The number of nitrogens with one attached hydrogen (secondary N) is 1. The SMILES string of the molecule is CCCN1CCN(CC2CCC(CNCC(C)C)O2)CC1. The van der Waals surface area contributed by atoms with Gasteiger partial charge >= 0.3 is 0 Å². The lowest BCUT2D eigenvalue weighted by atomic mass is 10.1. The number of hydrogen-bond donors (Lipinski definition) is 1. The van der Waals surface area contributed by atoms with Crippen LogP contribution in [0.5, 0.6) is 0 Å². The summed E-state index contributed by atoms with van der Waals surface area (Å²) >= 11 is 0. The number of ether oxygens (including phenoxy) is 1. The second-order valence-electron chi connectivity index (χ2n) is 7.15. The minimum Gasteiger partial charge on any atom is -0.372 e. The predicted octanol–water partition coefficient (Wildman–Crippen LogP) is 1.81. The minimum atomic E-state index is 0.440. The Morgan fingerprint density at radius 3 is 2.38 bits per heavy atom. The summed E-state index contributed by atoms with van der Waals surface area (Å²) in [7, 11) is 0. The molecule has 2 heterocycles. The maximum Gasteiger partial charge on any atom is 0.0707 e. The van der Waals surface area contributed by atoms with Crippen LogP contribution in [0.2, 0.25) is 0 Å². The van der Waals surface area contributed by atoms with Crippen molar-refractivity contribution in [2.24, 2.45) is 5.92 Å². The van der Waals surface area contributed by atoms with Gasteiger partial charge in [0.05, 0.1) is 12.2 Å². The molecule has 0 radical (unpaired) electrons. The van der Waals surface area contributed by atoms with Crippen molar-refractivity contribution >= 4 is 0 Å². The van der Waals surface area contributed by atoms with Gasteiger partial charge < -0.3 is 15.0 Å². The molecule has 2 saturated heterocycles. The van der Waals surface area contributed by atoms with Gasteiger partial charge in [-0.2, -0.15) is 0 Å². The fourth-order valence-corrected chi connectivity index (χ4v) is 3.40. The molecule has 0 aromatic carbocycles. The molecule has 0 spiro atoms. The zero-order valence-corrected chi connectivity index (χ0v) is 14.3. The molecule has 0 aromatic rings. The molecule has 0 amide bonds. The number of piperazine rings is 1. The summed E-state index contributed by atoms with van der Waals surface area (Å²) in [4.78, 5) is 5.19. The summed E-state index contributed by atoms with van der Waals surface area (Å²) in [5.74, 6) is 0.724. The Labute approximate surface area is 131 Å². The Balaban J connectivity index is 1.58. The quantitative estimate of drug-likeness (QED) is 0.739. The zero-order valence-electron chi connectivity index (χ0n) is 14.3. The maximum absolute atomic E-state index is 6.20. The summed E-state index contributed by atoms with van der Waals surface area (Å²) in [6.45, 7) is 16.2. The van der Waals surface area contributed by atoms with Crippen molar-refractivity contribution in [1.82, 2.24) is 15.1 Å². The molecular weight excluding hydrogens is 262 g/mol. The van der Waals surface area contributed by atoms with Gasteiger partial charge in [0, 0.05) is 39.3 Å². The highest BCUT2D eigenvalue weighted by molar-refractivity contribution is 4.80. The van der Waals surface area contributed by atoms with Gasteiger partial charge in [0.25, 0.3) is 0 Å². The molecule has 0 aliphatic carbocycles. The molecule has 0 aromatic heterocycles. The van der Waals surface area contributed by atoms with Crippen LogP contribution in [0, 0.1) is 5.92 Å². The van der Waals surface area contributed by atoms with E-state index in [2.05, 4.69) is 35.9 Å². The molecule has 4 nitrogen and oxygen atoms in total. The first kappa shape index (κ1) is 17.2. The van der Waals surface area contributed by atoms with E-state index in [0.717, 1.165) is 25.6 Å². The van der Waals surface area contributed by atoms with Crippen LogP contribution in [0.4, 0.5) is 0 Å². The third kappa shape index (κ3) is 6.23. The lowest BCUT2D eigenvalue weighted by Crippen LogP contribution is -2.48. The van der Waals surface area contributed by atoms with Crippen molar-refractivity contribution in [2.45, 2.75) is 52.2 Å². The summed E-state index contributed by atoms with van der Waals surface area (Å²) in [6, 6.07) is 0. The molecule has 2 rings (SSSR count). The van der Waals surface area contributed by atoms with Crippen molar-refractivity contribution in [3.63, 3.8) is 0 Å². The first-order valence-electron chi connectivity index (χ1n) is 8.98. The number of nitrogens with zero attached hydrogens (tertiary/aromatic N) is 2. The van der Waals surface area contributed by atoms with E-state index in [4.69, 9.17) is 4.74 Å². The van der Waals surface area contributed by atoms with Crippen molar-refractivity contribution < 1.29 is 4.74 Å². The van der Waals surface area contributed by atoms with Crippen LogP contribution in [0.1, 0.15) is 40.0 Å². The van der Waals surface area contributed by atoms with Crippen molar-refractivity contribution in [1.29, 1.82) is 0 Å². The first-order valence-corrected chi connectivity index (χ1v) is 8.98. The highest BCUT2D eigenvalue weighted by Gasteiger charge is 2.27. The van der Waals surface area contributed by atoms with E-state index in [0.29, 0.717) is 12.2 Å². The highest BCUT2D eigenvalue weighted by atomic mass is 16.5. The average molecular weight is 297 g/mol. The Bertz CT molecular complexity index is 277. The number of rotatable bonds is 8. The van der Waals surface area contributed by atoms with Gasteiger partial charge in [-0.05, 0) is 38.3 Å². The largest absolute Gasteiger partial charge is 0.372 e. The average Bonchev–Trinajstić information content (AvgIpc) is 2.88. The van der Waals surface area contributed by atoms with Gasteiger partial charge in [0.1, 0.15) is 0 Å². The third-order valence-electron chi connectivity index (χ3n) is 4.59. The van der Waals surface area contributed by atoms with Crippen LogP contribution in [-0.2, 0) is 4.74 Å². The van der Waals surface area contributed by atoms with Crippen LogP contribution in [0.15, 0.2) is 0 Å². The summed E-state index contributed by atoms with van der Waals surface area (Å²) in [5, 5.41) is 3.53. The van der Waals surface area contributed by atoms with E-state index in [1.54, 1.807) is 0 Å². The van der Waals surface area contributed by atoms with Gasteiger partial charge in [0.15, 0.2) is 0 Å². The van der Waals surface area contributed by atoms with E-state index in [-0.39, 0.29) is 0 Å². The van der Waals surface area contributed by atoms with Crippen molar-refractivity contribution in [3.8, 4) is 0 Å². The van der Waals surface area contributed by atoms with Gasteiger partial charge in [-0.25, -0.2) is 0 Å². The standard InChI is InChI=1S/C17H35N3O/c1-4-7-19-8-10-20(11-9-19)14-17-6-5-16(21-17)13-18-12-15(2)3/h15-18H,4-14H2,1-3H3. The van der Waals surface area contributed by atoms with E-state index in [9.17, 15) is 0 Å². The first-order chi connectivity index (χ1) is 10.2. The van der Waals surface area contributed by atoms with Crippen LogP contribution >= 0.6 is 0 Å². The normalized spacial score (nSPS) is 28.6. The zero-order chi connectivity index (χ0) is 15.1. The van der Waals surface area contributed by atoms with E-state index >= 15 is 0 Å². The molecule has 2 aliphatic heterocycles. The maximum atomic E-state index is 6.20. The Kier molecular flexibility index (Phi) is 7.44. The lowest BCUT2D eigenvalue weighted by Gasteiger charge is -2.35. The topological polar surface area (TPSA) is 27.7 Å². The molecule has 0 bridgehead atoms. The summed E-state index contributed by atoms with van der Waals surface area (Å²) in [6.07, 6.45) is 4.65. The van der Waals surface area contributed by atoms with Crippen molar-refractivity contribution in [2.75, 3.05) is 52.4 Å².